The van der Waals surface area contributed by atoms with E-state index in [1.165, 1.54) is 12.8 Å². The third-order valence-electron chi connectivity index (χ3n) is 3.46. The monoisotopic (exact) mass is 307 g/mol. The maximum Gasteiger partial charge on any atom is 0.191 e. The van der Waals surface area contributed by atoms with E-state index in [4.69, 9.17) is 14.2 Å². The van der Waals surface area contributed by atoms with Gasteiger partial charge in [-0.25, -0.2) is 4.99 Å². The highest BCUT2D eigenvalue weighted by Crippen LogP contribution is 2.34. The molecule has 1 aliphatic carbocycles. The van der Waals surface area contributed by atoms with E-state index in [0.717, 1.165) is 23.8 Å². The molecule has 1 fully saturated rings. The molecule has 0 amide bonds. The molecule has 1 aromatic carbocycles. The van der Waals surface area contributed by atoms with Crippen LogP contribution in [-0.4, -0.2) is 39.9 Å². The second kappa shape index (κ2) is 7.77. The van der Waals surface area contributed by atoms with E-state index in [1.54, 1.807) is 21.3 Å². The lowest BCUT2D eigenvalue weighted by Gasteiger charge is -2.14. The molecular formula is C16H25N3O3. The van der Waals surface area contributed by atoms with E-state index in [-0.39, 0.29) is 0 Å². The van der Waals surface area contributed by atoms with Crippen molar-refractivity contribution in [3.63, 3.8) is 0 Å². The molecule has 6 nitrogen and oxygen atoms in total. The molecule has 0 aliphatic heterocycles. The van der Waals surface area contributed by atoms with Gasteiger partial charge in [-0.05, 0) is 25.8 Å². The van der Waals surface area contributed by atoms with Crippen molar-refractivity contribution in [2.45, 2.75) is 32.4 Å². The fourth-order valence-electron chi connectivity index (χ4n) is 2.12. The standard InChI is InChI=1S/C16H25N3O3/c1-5-17-16(19-12-6-7-12)18-10-11-8-14(21-3)15(22-4)9-13(11)20-2/h8-9,12H,5-7,10H2,1-4H3,(H2,17,18,19). The van der Waals surface area contributed by atoms with E-state index in [9.17, 15) is 0 Å². The highest BCUT2D eigenvalue weighted by Gasteiger charge is 2.22. The maximum absolute atomic E-state index is 5.43. The number of rotatable bonds is 7. The van der Waals surface area contributed by atoms with Gasteiger partial charge in [0.2, 0.25) is 0 Å². The first-order chi connectivity index (χ1) is 10.7. The first kappa shape index (κ1) is 16.3. The van der Waals surface area contributed by atoms with Crippen molar-refractivity contribution >= 4 is 5.96 Å². The number of hydrogen-bond donors (Lipinski definition) is 2. The second-order valence-corrected chi connectivity index (χ2v) is 5.13. The molecule has 0 bridgehead atoms. The molecular weight excluding hydrogens is 282 g/mol. The van der Waals surface area contributed by atoms with Crippen molar-refractivity contribution in [3.05, 3.63) is 17.7 Å². The molecule has 0 aromatic heterocycles. The number of methoxy groups -OCH3 is 3. The molecule has 0 radical (unpaired) electrons. The lowest BCUT2D eigenvalue weighted by molar-refractivity contribution is 0.347. The normalized spacial score (nSPS) is 14.5. The number of ether oxygens (including phenoxy) is 3. The SMILES string of the molecule is CCNC(=NCc1cc(OC)c(OC)cc1OC)NC1CC1. The lowest BCUT2D eigenvalue weighted by atomic mass is 10.1. The number of nitrogens with one attached hydrogen (secondary N) is 2. The van der Waals surface area contributed by atoms with Crippen LogP contribution in [0.4, 0.5) is 0 Å². The summed E-state index contributed by atoms with van der Waals surface area (Å²) in [6.07, 6.45) is 2.42. The Labute approximate surface area is 131 Å². The largest absolute Gasteiger partial charge is 0.496 e. The van der Waals surface area contributed by atoms with Gasteiger partial charge in [-0.3, -0.25) is 0 Å². The van der Waals surface area contributed by atoms with Gasteiger partial charge < -0.3 is 24.8 Å². The zero-order valence-corrected chi connectivity index (χ0v) is 13.7. The van der Waals surface area contributed by atoms with Crippen LogP contribution in [0, 0.1) is 0 Å². The molecule has 0 heterocycles. The van der Waals surface area contributed by atoms with E-state index >= 15 is 0 Å². The van der Waals surface area contributed by atoms with Gasteiger partial charge in [0.25, 0.3) is 0 Å². The average molecular weight is 307 g/mol. The highest BCUT2D eigenvalue weighted by atomic mass is 16.5. The number of aliphatic imine (C=N–C) groups is 1. The van der Waals surface area contributed by atoms with E-state index in [2.05, 4.69) is 22.5 Å². The molecule has 0 saturated heterocycles. The maximum atomic E-state index is 5.43. The quantitative estimate of drug-likeness (QED) is 0.595. The van der Waals surface area contributed by atoms with Gasteiger partial charge in [0.05, 0.1) is 27.9 Å². The van der Waals surface area contributed by atoms with Crippen LogP contribution < -0.4 is 24.8 Å². The van der Waals surface area contributed by atoms with Crippen LogP contribution in [0.1, 0.15) is 25.3 Å². The molecule has 122 valence electrons. The minimum absolute atomic E-state index is 0.506. The minimum atomic E-state index is 0.506. The van der Waals surface area contributed by atoms with Crippen molar-refractivity contribution < 1.29 is 14.2 Å². The minimum Gasteiger partial charge on any atom is -0.496 e. The van der Waals surface area contributed by atoms with Crippen LogP contribution >= 0.6 is 0 Å². The van der Waals surface area contributed by atoms with Crippen LogP contribution in [0.2, 0.25) is 0 Å². The Morgan fingerprint density at radius 2 is 1.73 bits per heavy atom. The molecule has 22 heavy (non-hydrogen) atoms. The fraction of sp³-hybridized carbons (Fsp3) is 0.562. The summed E-state index contributed by atoms with van der Waals surface area (Å²) in [6, 6.07) is 4.29. The van der Waals surface area contributed by atoms with Crippen LogP contribution in [0.5, 0.6) is 17.2 Å². The summed E-state index contributed by atoms with van der Waals surface area (Å²) in [4.78, 5) is 4.62. The number of benzene rings is 1. The Morgan fingerprint density at radius 3 is 2.27 bits per heavy atom. The van der Waals surface area contributed by atoms with Gasteiger partial charge in [-0.1, -0.05) is 0 Å². The molecule has 0 atom stereocenters. The second-order valence-electron chi connectivity index (χ2n) is 5.13. The van der Waals surface area contributed by atoms with Crippen LogP contribution in [0.25, 0.3) is 0 Å². The van der Waals surface area contributed by atoms with Gasteiger partial charge in [0.15, 0.2) is 17.5 Å². The zero-order chi connectivity index (χ0) is 15.9. The Balaban J connectivity index is 2.18. The average Bonchev–Trinajstić information content (AvgIpc) is 3.35. The topological polar surface area (TPSA) is 64.1 Å². The van der Waals surface area contributed by atoms with Crippen molar-refractivity contribution in [1.29, 1.82) is 0 Å². The molecule has 1 saturated carbocycles. The van der Waals surface area contributed by atoms with Crippen molar-refractivity contribution in [2.24, 2.45) is 4.99 Å². The summed E-state index contributed by atoms with van der Waals surface area (Å²) in [6.45, 7) is 3.40. The van der Waals surface area contributed by atoms with E-state index < -0.39 is 0 Å². The molecule has 0 unspecified atom stereocenters. The number of nitrogens with zero attached hydrogens (tertiary/aromatic N) is 1. The van der Waals surface area contributed by atoms with Gasteiger partial charge in [-0.2, -0.15) is 0 Å². The van der Waals surface area contributed by atoms with E-state index in [0.29, 0.717) is 24.1 Å². The Hall–Kier alpha value is -2.11. The summed E-state index contributed by atoms with van der Waals surface area (Å²) < 4.78 is 16.1. The summed E-state index contributed by atoms with van der Waals surface area (Å²) in [5.41, 5.74) is 0.952. The van der Waals surface area contributed by atoms with Crippen LogP contribution in [-0.2, 0) is 6.54 Å². The highest BCUT2D eigenvalue weighted by molar-refractivity contribution is 5.80. The Bertz CT molecular complexity index is 528. The zero-order valence-electron chi connectivity index (χ0n) is 13.7. The van der Waals surface area contributed by atoms with Crippen LogP contribution in [0.3, 0.4) is 0 Å². The number of guanidine groups is 1. The van der Waals surface area contributed by atoms with Crippen LogP contribution in [0.15, 0.2) is 17.1 Å². The van der Waals surface area contributed by atoms with E-state index in [1.807, 2.05) is 12.1 Å². The summed E-state index contributed by atoms with van der Waals surface area (Å²) in [7, 11) is 4.87. The first-order valence-electron chi connectivity index (χ1n) is 7.55. The third-order valence-corrected chi connectivity index (χ3v) is 3.46. The predicted molar refractivity (Wildman–Crippen MR) is 87.1 cm³/mol. The molecule has 6 heteroatoms. The molecule has 1 aromatic rings. The van der Waals surface area contributed by atoms with Crippen molar-refractivity contribution in [3.8, 4) is 17.2 Å². The molecule has 2 rings (SSSR count). The molecule has 2 N–H and O–H groups in total. The van der Waals surface area contributed by atoms with Gasteiger partial charge in [0, 0.05) is 24.2 Å². The fourth-order valence-corrected chi connectivity index (χ4v) is 2.12. The summed E-state index contributed by atoms with van der Waals surface area (Å²) >= 11 is 0. The summed E-state index contributed by atoms with van der Waals surface area (Å²) in [5.74, 6) is 2.90. The van der Waals surface area contributed by atoms with Gasteiger partial charge >= 0.3 is 0 Å². The lowest BCUT2D eigenvalue weighted by Crippen LogP contribution is -2.38. The third kappa shape index (κ3) is 4.19. The molecule has 0 spiro atoms. The Morgan fingerprint density at radius 1 is 1.09 bits per heavy atom. The van der Waals surface area contributed by atoms with Gasteiger partial charge in [0.1, 0.15) is 5.75 Å². The first-order valence-corrected chi connectivity index (χ1v) is 7.55. The van der Waals surface area contributed by atoms with Crippen molar-refractivity contribution in [2.75, 3.05) is 27.9 Å². The number of hydrogen-bond acceptors (Lipinski definition) is 4. The molecule has 1 aliphatic rings. The predicted octanol–water partition coefficient (Wildman–Crippen LogP) is 1.93. The Kier molecular flexibility index (Phi) is 5.75. The van der Waals surface area contributed by atoms with Gasteiger partial charge in [-0.15, -0.1) is 0 Å². The summed E-state index contributed by atoms with van der Waals surface area (Å²) in [5, 5.41) is 6.65. The smallest absolute Gasteiger partial charge is 0.191 e. The van der Waals surface area contributed by atoms with Crippen molar-refractivity contribution in [1.82, 2.24) is 10.6 Å².